The third-order valence-electron chi connectivity index (χ3n) is 3.09. The summed E-state index contributed by atoms with van der Waals surface area (Å²) in [6.45, 7) is 4.75. The molecule has 1 N–H and O–H groups in total. The molecule has 0 radical (unpaired) electrons. The topological polar surface area (TPSA) is 75.5 Å². The van der Waals surface area contributed by atoms with E-state index in [1.165, 1.54) is 18.2 Å². The first-order valence-electron chi connectivity index (χ1n) is 6.62. The molecule has 0 saturated heterocycles. The van der Waals surface area contributed by atoms with E-state index in [0.717, 1.165) is 0 Å². The number of benzene rings is 1. The molecule has 0 bridgehead atoms. The van der Waals surface area contributed by atoms with Crippen LogP contribution in [0.25, 0.3) is 0 Å². The first-order valence-corrected chi connectivity index (χ1v) is 7.41. The van der Waals surface area contributed by atoms with Gasteiger partial charge in [0, 0.05) is 29.2 Å². The van der Waals surface area contributed by atoms with E-state index >= 15 is 0 Å². The van der Waals surface area contributed by atoms with E-state index in [2.05, 4.69) is 21.2 Å². The SMILES string of the molecule is CC(C)C(CN(C)C)NC(=O)c1cc([N+](=O)[O-])ccc1Br. The number of hydrogen-bond donors (Lipinski definition) is 1. The van der Waals surface area contributed by atoms with Crippen LogP contribution in [-0.2, 0) is 0 Å². The van der Waals surface area contributed by atoms with Gasteiger partial charge in [0.2, 0.25) is 0 Å². The molecule has 1 aromatic carbocycles. The summed E-state index contributed by atoms with van der Waals surface area (Å²) < 4.78 is 0.540. The molecule has 7 heteroatoms. The lowest BCUT2D eigenvalue weighted by Crippen LogP contribution is -2.45. The van der Waals surface area contributed by atoms with E-state index in [4.69, 9.17) is 0 Å². The molecule has 1 unspecified atom stereocenters. The summed E-state index contributed by atoms with van der Waals surface area (Å²) in [7, 11) is 3.87. The van der Waals surface area contributed by atoms with Crippen molar-refractivity contribution in [2.24, 2.45) is 5.92 Å². The fourth-order valence-corrected chi connectivity index (χ4v) is 2.29. The summed E-state index contributed by atoms with van der Waals surface area (Å²) in [5.74, 6) is -0.0556. The van der Waals surface area contributed by atoms with Crippen molar-refractivity contribution >= 4 is 27.5 Å². The van der Waals surface area contributed by atoms with Crippen LogP contribution in [0.15, 0.2) is 22.7 Å². The molecule has 0 fully saturated rings. The first kappa shape index (κ1) is 17.6. The molecular formula is C14H20BrN3O3. The highest BCUT2D eigenvalue weighted by molar-refractivity contribution is 9.10. The number of nitro benzene ring substituents is 1. The van der Waals surface area contributed by atoms with E-state index in [0.29, 0.717) is 11.0 Å². The van der Waals surface area contributed by atoms with Gasteiger partial charge in [-0.15, -0.1) is 0 Å². The molecule has 1 aromatic rings. The Labute approximate surface area is 132 Å². The lowest BCUT2D eigenvalue weighted by atomic mass is 10.0. The molecule has 1 atom stereocenters. The molecule has 0 aromatic heterocycles. The van der Waals surface area contributed by atoms with Gasteiger partial charge < -0.3 is 10.2 Å². The Morgan fingerprint density at radius 1 is 1.43 bits per heavy atom. The third kappa shape index (κ3) is 5.09. The lowest BCUT2D eigenvalue weighted by molar-refractivity contribution is -0.384. The van der Waals surface area contributed by atoms with Crippen molar-refractivity contribution in [1.29, 1.82) is 0 Å². The molecular weight excluding hydrogens is 338 g/mol. The number of likely N-dealkylation sites (N-methyl/N-ethyl adjacent to an activating group) is 1. The predicted molar refractivity (Wildman–Crippen MR) is 85.4 cm³/mol. The highest BCUT2D eigenvalue weighted by Gasteiger charge is 2.21. The zero-order valence-electron chi connectivity index (χ0n) is 12.6. The van der Waals surface area contributed by atoms with Crippen molar-refractivity contribution in [3.05, 3.63) is 38.3 Å². The lowest BCUT2D eigenvalue weighted by Gasteiger charge is -2.25. The summed E-state index contributed by atoms with van der Waals surface area (Å²) >= 11 is 3.26. The maximum absolute atomic E-state index is 12.4. The van der Waals surface area contributed by atoms with Crippen LogP contribution in [0.3, 0.4) is 0 Å². The molecule has 0 heterocycles. The van der Waals surface area contributed by atoms with Crippen LogP contribution >= 0.6 is 15.9 Å². The van der Waals surface area contributed by atoms with Gasteiger partial charge in [0.05, 0.1) is 10.5 Å². The number of nitrogens with one attached hydrogen (secondary N) is 1. The summed E-state index contributed by atoms with van der Waals surface area (Å²) in [4.78, 5) is 24.7. The fourth-order valence-electron chi connectivity index (χ4n) is 1.86. The number of rotatable bonds is 6. The van der Waals surface area contributed by atoms with Gasteiger partial charge in [0.15, 0.2) is 0 Å². The van der Waals surface area contributed by atoms with Crippen molar-refractivity contribution in [3.8, 4) is 0 Å². The fraction of sp³-hybridized carbons (Fsp3) is 0.500. The number of nitro groups is 1. The van der Waals surface area contributed by atoms with E-state index in [9.17, 15) is 14.9 Å². The molecule has 116 valence electrons. The van der Waals surface area contributed by atoms with Crippen LogP contribution in [-0.4, -0.2) is 42.4 Å². The Kier molecular flexibility index (Phi) is 6.29. The standard InChI is InChI=1S/C14H20BrN3O3/c1-9(2)13(8-17(3)4)16-14(19)11-7-10(18(20)21)5-6-12(11)15/h5-7,9,13H,8H2,1-4H3,(H,16,19). The van der Waals surface area contributed by atoms with Gasteiger partial charge in [-0.25, -0.2) is 0 Å². The van der Waals surface area contributed by atoms with Gasteiger partial charge >= 0.3 is 0 Å². The number of halogens is 1. The molecule has 0 saturated carbocycles. The second-order valence-corrected chi connectivity index (χ2v) is 6.36. The van der Waals surface area contributed by atoms with Gasteiger partial charge in [-0.05, 0) is 42.0 Å². The number of carbonyl (C=O) groups is 1. The minimum absolute atomic E-state index is 0.0290. The van der Waals surface area contributed by atoms with Gasteiger partial charge in [0.25, 0.3) is 11.6 Å². The van der Waals surface area contributed by atoms with Crippen LogP contribution in [0.4, 0.5) is 5.69 Å². The van der Waals surface area contributed by atoms with Gasteiger partial charge in [-0.1, -0.05) is 13.8 Å². The molecule has 0 aliphatic carbocycles. The van der Waals surface area contributed by atoms with Crippen LogP contribution in [0, 0.1) is 16.0 Å². The van der Waals surface area contributed by atoms with E-state index in [-0.39, 0.29) is 29.1 Å². The maximum atomic E-state index is 12.4. The highest BCUT2D eigenvalue weighted by atomic mass is 79.9. The molecule has 1 rings (SSSR count). The Bertz CT molecular complexity index is 532. The Hall–Kier alpha value is -1.47. The summed E-state index contributed by atoms with van der Waals surface area (Å²) in [5, 5.41) is 13.8. The minimum Gasteiger partial charge on any atom is -0.348 e. The minimum atomic E-state index is -0.511. The second-order valence-electron chi connectivity index (χ2n) is 5.51. The van der Waals surface area contributed by atoms with E-state index < -0.39 is 4.92 Å². The Morgan fingerprint density at radius 2 is 2.05 bits per heavy atom. The normalized spacial score (nSPS) is 12.5. The van der Waals surface area contributed by atoms with Crippen molar-refractivity contribution < 1.29 is 9.72 Å². The molecule has 21 heavy (non-hydrogen) atoms. The number of nitrogens with zero attached hydrogens (tertiary/aromatic N) is 2. The van der Waals surface area contributed by atoms with Gasteiger partial charge in [0.1, 0.15) is 0 Å². The zero-order valence-corrected chi connectivity index (χ0v) is 14.2. The average Bonchev–Trinajstić information content (AvgIpc) is 2.37. The molecule has 0 spiro atoms. The van der Waals surface area contributed by atoms with Crippen LogP contribution in [0.1, 0.15) is 24.2 Å². The third-order valence-corrected chi connectivity index (χ3v) is 3.78. The Morgan fingerprint density at radius 3 is 2.52 bits per heavy atom. The monoisotopic (exact) mass is 357 g/mol. The zero-order chi connectivity index (χ0) is 16.2. The first-order chi connectivity index (χ1) is 9.72. The second kappa shape index (κ2) is 7.51. The van der Waals surface area contributed by atoms with Crippen LogP contribution in [0.5, 0.6) is 0 Å². The molecule has 6 nitrogen and oxygen atoms in total. The number of non-ortho nitro benzene ring substituents is 1. The predicted octanol–water partition coefficient (Wildman–Crippen LogP) is 2.67. The van der Waals surface area contributed by atoms with Crippen molar-refractivity contribution in [1.82, 2.24) is 10.2 Å². The van der Waals surface area contributed by atoms with E-state index in [1.54, 1.807) is 0 Å². The number of amides is 1. The van der Waals surface area contributed by atoms with Crippen LogP contribution < -0.4 is 5.32 Å². The van der Waals surface area contributed by atoms with Crippen molar-refractivity contribution in [2.45, 2.75) is 19.9 Å². The van der Waals surface area contributed by atoms with Gasteiger partial charge in [-0.2, -0.15) is 0 Å². The summed E-state index contributed by atoms with van der Waals surface area (Å²) in [6.07, 6.45) is 0. The maximum Gasteiger partial charge on any atom is 0.270 e. The number of carbonyl (C=O) groups excluding carboxylic acids is 1. The Balaban J connectivity index is 2.96. The largest absolute Gasteiger partial charge is 0.348 e. The van der Waals surface area contributed by atoms with Crippen molar-refractivity contribution in [2.75, 3.05) is 20.6 Å². The van der Waals surface area contributed by atoms with Crippen molar-refractivity contribution in [3.63, 3.8) is 0 Å². The molecule has 1 amide bonds. The van der Waals surface area contributed by atoms with Crippen LogP contribution in [0.2, 0.25) is 0 Å². The molecule has 0 aliphatic heterocycles. The summed E-state index contributed by atoms with van der Waals surface area (Å²) in [6, 6.07) is 4.13. The average molecular weight is 358 g/mol. The molecule has 0 aliphatic rings. The highest BCUT2D eigenvalue weighted by Crippen LogP contribution is 2.22. The quantitative estimate of drug-likeness (QED) is 0.627. The van der Waals surface area contributed by atoms with E-state index in [1.807, 2.05) is 32.8 Å². The van der Waals surface area contributed by atoms with Gasteiger partial charge in [-0.3, -0.25) is 14.9 Å². The summed E-state index contributed by atoms with van der Waals surface area (Å²) in [5.41, 5.74) is 0.172. The number of hydrogen-bond acceptors (Lipinski definition) is 4. The smallest absolute Gasteiger partial charge is 0.270 e.